The number of ether oxygens (including phenoxy) is 1. The van der Waals surface area contributed by atoms with Crippen LogP contribution in [0.1, 0.15) is 44.9 Å². The molecule has 6 nitrogen and oxygen atoms in total. The van der Waals surface area contributed by atoms with Gasteiger partial charge in [0.25, 0.3) is 0 Å². The fourth-order valence-corrected chi connectivity index (χ4v) is 2.58. The number of hydrogen-bond acceptors (Lipinski definition) is 5. The van der Waals surface area contributed by atoms with Crippen molar-refractivity contribution in [2.75, 3.05) is 18.4 Å². The summed E-state index contributed by atoms with van der Waals surface area (Å²) in [6.07, 6.45) is -2.57. The zero-order chi connectivity index (χ0) is 18.8. The van der Waals surface area contributed by atoms with E-state index < -0.39 is 23.4 Å². The van der Waals surface area contributed by atoms with Crippen LogP contribution < -0.4 is 5.32 Å². The summed E-state index contributed by atoms with van der Waals surface area (Å²) in [4.78, 5) is 21.4. The Kier molecular flexibility index (Phi) is 5.43. The Bertz CT molecular complexity index is 629. The molecule has 140 valence electrons. The Morgan fingerprint density at radius 2 is 2.04 bits per heavy atom. The fraction of sp³-hybridized carbons (Fsp3) is 0.688. The molecule has 0 radical (unpaired) electrons. The maximum absolute atomic E-state index is 12.8. The van der Waals surface area contributed by atoms with Gasteiger partial charge in [0.1, 0.15) is 5.60 Å². The number of nitrogens with one attached hydrogen (secondary N) is 1. The van der Waals surface area contributed by atoms with E-state index in [0.717, 1.165) is 19.0 Å². The van der Waals surface area contributed by atoms with Gasteiger partial charge in [0.15, 0.2) is 0 Å². The minimum Gasteiger partial charge on any atom is -0.444 e. The first kappa shape index (κ1) is 19.3. The number of aromatic nitrogens is 2. The summed E-state index contributed by atoms with van der Waals surface area (Å²) in [6, 6.07) is -0.141. The Morgan fingerprint density at radius 1 is 1.36 bits per heavy atom. The lowest BCUT2D eigenvalue weighted by atomic mass is 10.1. The molecule has 1 aromatic rings. The topological polar surface area (TPSA) is 67.4 Å². The number of hydrogen-bond donors (Lipinski definition) is 1. The maximum atomic E-state index is 12.8. The lowest BCUT2D eigenvalue weighted by Gasteiger charge is -2.34. The first-order chi connectivity index (χ1) is 11.5. The van der Waals surface area contributed by atoms with Crippen molar-refractivity contribution in [1.82, 2.24) is 14.9 Å². The highest BCUT2D eigenvalue weighted by atomic mass is 19.4. The Hall–Kier alpha value is -2.06. The summed E-state index contributed by atoms with van der Waals surface area (Å²) in [7, 11) is 0. The van der Waals surface area contributed by atoms with Crippen LogP contribution in [-0.4, -0.2) is 45.7 Å². The molecule has 2 rings (SSSR count). The van der Waals surface area contributed by atoms with E-state index in [4.69, 9.17) is 4.74 Å². The van der Waals surface area contributed by atoms with Crippen LogP contribution in [0.4, 0.5) is 23.9 Å². The molecule has 2 heterocycles. The first-order valence-electron chi connectivity index (χ1n) is 8.11. The SMILES string of the molecule is Cc1nc(N[C@H]2CCCN(C(=O)OC(C)(C)C)C2)ncc1C(F)(F)F. The maximum Gasteiger partial charge on any atom is 0.419 e. The van der Waals surface area contributed by atoms with Crippen molar-refractivity contribution in [2.45, 2.75) is 58.4 Å². The molecule has 1 aliphatic rings. The molecule has 1 atom stereocenters. The summed E-state index contributed by atoms with van der Waals surface area (Å²) in [5.74, 6) is 0.126. The Morgan fingerprint density at radius 3 is 2.60 bits per heavy atom. The van der Waals surface area contributed by atoms with Gasteiger partial charge in [-0.25, -0.2) is 14.8 Å². The monoisotopic (exact) mass is 360 g/mol. The van der Waals surface area contributed by atoms with E-state index in [9.17, 15) is 18.0 Å². The number of alkyl halides is 3. The molecule has 1 aromatic heterocycles. The molecule has 1 aliphatic heterocycles. The van der Waals surface area contributed by atoms with Crippen molar-refractivity contribution in [3.63, 3.8) is 0 Å². The van der Waals surface area contributed by atoms with Gasteiger partial charge >= 0.3 is 12.3 Å². The van der Waals surface area contributed by atoms with Gasteiger partial charge in [-0.2, -0.15) is 13.2 Å². The highest BCUT2D eigenvalue weighted by Gasteiger charge is 2.34. The number of aryl methyl sites for hydroxylation is 1. The lowest BCUT2D eigenvalue weighted by molar-refractivity contribution is -0.138. The van der Waals surface area contributed by atoms with Gasteiger partial charge in [0, 0.05) is 25.3 Å². The van der Waals surface area contributed by atoms with Crippen LogP contribution >= 0.6 is 0 Å². The average molecular weight is 360 g/mol. The minimum absolute atomic E-state index is 0.126. The van der Waals surface area contributed by atoms with E-state index in [1.165, 1.54) is 6.92 Å². The van der Waals surface area contributed by atoms with Crippen molar-refractivity contribution < 1.29 is 22.7 Å². The van der Waals surface area contributed by atoms with Crippen LogP contribution in [0.3, 0.4) is 0 Å². The molecule has 1 fully saturated rings. The second-order valence-corrected chi connectivity index (χ2v) is 7.10. The average Bonchev–Trinajstić information content (AvgIpc) is 2.44. The van der Waals surface area contributed by atoms with Crippen molar-refractivity contribution in [2.24, 2.45) is 0 Å². The lowest BCUT2D eigenvalue weighted by Crippen LogP contribution is -2.47. The third kappa shape index (κ3) is 5.47. The van der Waals surface area contributed by atoms with Crippen molar-refractivity contribution in [1.29, 1.82) is 0 Å². The van der Waals surface area contributed by atoms with E-state index in [1.807, 2.05) is 0 Å². The number of carbonyl (C=O) groups excluding carboxylic acids is 1. The van der Waals surface area contributed by atoms with E-state index >= 15 is 0 Å². The van der Waals surface area contributed by atoms with Gasteiger partial charge in [-0.3, -0.25) is 0 Å². The van der Waals surface area contributed by atoms with Gasteiger partial charge in [-0.1, -0.05) is 0 Å². The van der Waals surface area contributed by atoms with E-state index in [1.54, 1.807) is 25.7 Å². The fourth-order valence-electron chi connectivity index (χ4n) is 2.58. The highest BCUT2D eigenvalue weighted by molar-refractivity contribution is 5.68. The number of anilines is 1. The van der Waals surface area contributed by atoms with Gasteiger partial charge in [0.2, 0.25) is 5.95 Å². The summed E-state index contributed by atoms with van der Waals surface area (Å²) in [6.45, 7) is 7.65. The number of carbonyl (C=O) groups is 1. The summed E-state index contributed by atoms with van der Waals surface area (Å²) < 4.78 is 43.6. The molecule has 0 bridgehead atoms. The zero-order valence-corrected chi connectivity index (χ0v) is 14.8. The third-order valence-corrected chi connectivity index (χ3v) is 3.69. The Balaban J connectivity index is 2.01. The highest BCUT2D eigenvalue weighted by Crippen LogP contribution is 2.30. The van der Waals surface area contributed by atoms with Gasteiger partial charge in [-0.15, -0.1) is 0 Å². The van der Waals surface area contributed by atoms with E-state index in [2.05, 4.69) is 15.3 Å². The van der Waals surface area contributed by atoms with Crippen LogP contribution in [0.5, 0.6) is 0 Å². The van der Waals surface area contributed by atoms with E-state index in [-0.39, 0.29) is 17.7 Å². The number of piperidine rings is 1. The second kappa shape index (κ2) is 7.05. The smallest absolute Gasteiger partial charge is 0.419 e. The number of nitrogens with zero attached hydrogens (tertiary/aromatic N) is 3. The number of amides is 1. The molecule has 1 N–H and O–H groups in total. The molecule has 25 heavy (non-hydrogen) atoms. The van der Waals surface area contributed by atoms with Gasteiger partial charge < -0.3 is 15.0 Å². The number of likely N-dealkylation sites (tertiary alicyclic amines) is 1. The quantitative estimate of drug-likeness (QED) is 0.873. The normalized spacial score (nSPS) is 18.8. The van der Waals surface area contributed by atoms with Crippen LogP contribution in [0.15, 0.2) is 6.20 Å². The van der Waals surface area contributed by atoms with Crippen molar-refractivity contribution in [3.8, 4) is 0 Å². The molecule has 1 amide bonds. The molecule has 0 aromatic carbocycles. The second-order valence-electron chi connectivity index (χ2n) is 7.10. The predicted molar refractivity (Wildman–Crippen MR) is 86.2 cm³/mol. The minimum atomic E-state index is -4.47. The molecule has 9 heteroatoms. The van der Waals surface area contributed by atoms with Crippen LogP contribution in [0.25, 0.3) is 0 Å². The largest absolute Gasteiger partial charge is 0.444 e. The molecular weight excluding hydrogens is 337 g/mol. The molecule has 0 saturated carbocycles. The zero-order valence-electron chi connectivity index (χ0n) is 14.8. The Labute approximate surface area is 144 Å². The standard InChI is InChI=1S/C16H23F3N4O2/c1-10-12(16(17,18)19)8-20-13(21-10)22-11-6-5-7-23(9-11)14(24)25-15(2,3)4/h8,11H,5-7,9H2,1-4H3,(H,20,21,22)/t11-/m0/s1. The van der Waals surface area contributed by atoms with Crippen molar-refractivity contribution in [3.05, 3.63) is 17.5 Å². The summed E-state index contributed by atoms with van der Waals surface area (Å²) >= 11 is 0. The summed E-state index contributed by atoms with van der Waals surface area (Å²) in [5.41, 5.74) is -1.56. The van der Waals surface area contributed by atoms with E-state index in [0.29, 0.717) is 13.1 Å². The molecular formula is C16H23F3N4O2. The van der Waals surface area contributed by atoms with Crippen LogP contribution in [0.2, 0.25) is 0 Å². The van der Waals surface area contributed by atoms with Gasteiger partial charge in [0.05, 0.1) is 11.3 Å². The van der Waals surface area contributed by atoms with Crippen LogP contribution in [0, 0.1) is 6.92 Å². The molecule has 0 unspecified atom stereocenters. The number of rotatable bonds is 2. The molecule has 1 saturated heterocycles. The summed E-state index contributed by atoms with van der Waals surface area (Å²) in [5, 5.41) is 3.01. The first-order valence-corrected chi connectivity index (χ1v) is 8.11. The predicted octanol–water partition coefficient (Wildman–Crippen LogP) is 3.62. The third-order valence-electron chi connectivity index (χ3n) is 3.69. The van der Waals surface area contributed by atoms with Gasteiger partial charge in [-0.05, 0) is 40.5 Å². The van der Waals surface area contributed by atoms with Crippen molar-refractivity contribution >= 4 is 12.0 Å². The van der Waals surface area contributed by atoms with Crippen LogP contribution in [-0.2, 0) is 10.9 Å². The number of halogens is 3. The molecule has 0 spiro atoms. The molecule has 0 aliphatic carbocycles.